The molecule has 0 unspecified atom stereocenters. The van der Waals surface area contributed by atoms with Crippen molar-refractivity contribution in [3.63, 3.8) is 0 Å². The summed E-state index contributed by atoms with van der Waals surface area (Å²) in [7, 11) is 0. The lowest BCUT2D eigenvalue weighted by atomic mass is 9.87. The van der Waals surface area contributed by atoms with Gasteiger partial charge >= 0.3 is 0 Å². The van der Waals surface area contributed by atoms with Crippen LogP contribution in [0.3, 0.4) is 0 Å². The van der Waals surface area contributed by atoms with Crippen LogP contribution in [-0.2, 0) is 19.4 Å². The molecule has 1 saturated heterocycles. The predicted molar refractivity (Wildman–Crippen MR) is 85.4 cm³/mol. The number of aliphatic hydroxyl groups excluding tert-OH is 1. The summed E-state index contributed by atoms with van der Waals surface area (Å²) in [5, 5.41) is 14.4. The van der Waals surface area contributed by atoms with E-state index in [4.69, 9.17) is 4.52 Å². The molecule has 5 heteroatoms. The van der Waals surface area contributed by atoms with Crippen molar-refractivity contribution in [3.05, 3.63) is 53.2 Å². The van der Waals surface area contributed by atoms with E-state index in [9.17, 15) is 9.50 Å². The molecule has 0 saturated carbocycles. The second-order valence-electron chi connectivity index (χ2n) is 6.28. The van der Waals surface area contributed by atoms with Crippen molar-refractivity contribution < 1.29 is 14.0 Å². The third-order valence-electron chi connectivity index (χ3n) is 4.59. The van der Waals surface area contributed by atoms with Gasteiger partial charge in [-0.2, -0.15) is 0 Å². The van der Waals surface area contributed by atoms with Crippen molar-refractivity contribution in [2.24, 2.45) is 5.92 Å². The molecule has 3 rings (SSSR count). The Kier molecular flexibility index (Phi) is 5.08. The Morgan fingerprint density at radius 2 is 2.22 bits per heavy atom. The first kappa shape index (κ1) is 16.1. The lowest BCUT2D eigenvalue weighted by molar-refractivity contribution is 0.0155. The zero-order valence-corrected chi connectivity index (χ0v) is 13.4. The number of rotatable bonds is 5. The zero-order chi connectivity index (χ0) is 16.2. The third kappa shape index (κ3) is 3.98. The van der Waals surface area contributed by atoms with Crippen LogP contribution in [0.1, 0.15) is 30.4 Å². The van der Waals surface area contributed by atoms with E-state index in [1.807, 2.05) is 19.1 Å². The van der Waals surface area contributed by atoms with Gasteiger partial charge in [0.05, 0.1) is 18.3 Å². The highest BCUT2D eigenvalue weighted by molar-refractivity contribution is 5.18. The van der Waals surface area contributed by atoms with Crippen LogP contribution in [0.5, 0.6) is 0 Å². The standard InChI is InChI=1S/C18H23FN2O2/c1-2-15-10-16(23-20-15)11-21-8-7-14(18(22)12-21)9-13-5-3-4-6-17(13)19/h3-6,10,14,18,22H,2,7-9,11-12H2,1H3/t14-,18-/m1/s1. The molecule has 0 amide bonds. The second kappa shape index (κ2) is 7.23. The summed E-state index contributed by atoms with van der Waals surface area (Å²) < 4.78 is 19.1. The van der Waals surface area contributed by atoms with E-state index in [1.165, 1.54) is 6.07 Å². The van der Waals surface area contributed by atoms with E-state index in [2.05, 4.69) is 10.1 Å². The van der Waals surface area contributed by atoms with E-state index < -0.39 is 6.10 Å². The number of benzene rings is 1. The van der Waals surface area contributed by atoms with Crippen LogP contribution in [0.4, 0.5) is 4.39 Å². The first-order valence-electron chi connectivity index (χ1n) is 8.24. The molecule has 1 aliphatic heterocycles. The topological polar surface area (TPSA) is 49.5 Å². The second-order valence-corrected chi connectivity index (χ2v) is 6.28. The summed E-state index contributed by atoms with van der Waals surface area (Å²) >= 11 is 0. The summed E-state index contributed by atoms with van der Waals surface area (Å²) in [4.78, 5) is 2.17. The maximum Gasteiger partial charge on any atom is 0.150 e. The molecular weight excluding hydrogens is 295 g/mol. The van der Waals surface area contributed by atoms with Crippen molar-refractivity contribution >= 4 is 0 Å². The minimum Gasteiger partial charge on any atom is -0.391 e. The van der Waals surface area contributed by atoms with E-state index in [0.717, 1.165) is 30.8 Å². The monoisotopic (exact) mass is 318 g/mol. The molecular formula is C18H23FN2O2. The Morgan fingerprint density at radius 3 is 2.91 bits per heavy atom. The van der Waals surface area contributed by atoms with E-state index >= 15 is 0 Å². The van der Waals surface area contributed by atoms with Gasteiger partial charge in [-0.3, -0.25) is 4.90 Å². The molecule has 1 fully saturated rings. The molecule has 1 aliphatic rings. The number of hydrogen-bond donors (Lipinski definition) is 1. The van der Waals surface area contributed by atoms with E-state index in [1.54, 1.807) is 12.1 Å². The third-order valence-corrected chi connectivity index (χ3v) is 4.59. The predicted octanol–water partition coefficient (Wildman–Crippen LogP) is 2.80. The summed E-state index contributed by atoms with van der Waals surface area (Å²) in [5.41, 5.74) is 1.64. The number of halogens is 1. The molecule has 124 valence electrons. The molecule has 1 N–H and O–H groups in total. The number of β-amino-alcohol motifs (C(OH)–C–C–N with tert-alkyl or cyclic N) is 1. The van der Waals surface area contributed by atoms with Crippen LogP contribution >= 0.6 is 0 Å². The maximum atomic E-state index is 13.8. The number of piperidine rings is 1. The highest BCUT2D eigenvalue weighted by Gasteiger charge is 2.28. The van der Waals surface area contributed by atoms with Crippen LogP contribution in [0.25, 0.3) is 0 Å². The molecule has 2 heterocycles. The van der Waals surface area contributed by atoms with Crippen LogP contribution in [0.2, 0.25) is 0 Å². The summed E-state index contributed by atoms with van der Waals surface area (Å²) in [6.07, 6.45) is 1.85. The minimum absolute atomic E-state index is 0.101. The number of hydrogen-bond acceptors (Lipinski definition) is 4. The van der Waals surface area contributed by atoms with Crippen LogP contribution in [0, 0.1) is 11.7 Å². The van der Waals surface area contributed by atoms with E-state index in [-0.39, 0.29) is 11.7 Å². The average Bonchev–Trinajstić information content (AvgIpc) is 2.99. The Balaban J connectivity index is 1.56. The quantitative estimate of drug-likeness (QED) is 0.921. The molecule has 0 bridgehead atoms. The molecule has 0 aliphatic carbocycles. The Bertz CT molecular complexity index is 643. The average molecular weight is 318 g/mol. The molecule has 1 aromatic heterocycles. The van der Waals surface area contributed by atoms with Crippen molar-refractivity contribution in [3.8, 4) is 0 Å². The number of aliphatic hydroxyl groups is 1. The smallest absolute Gasteiger partial charge is 0.150 e. The number of nitrogens with zero attached hydrogens (tertiary/aromatic N) is 2. The van der Waals surface area contributed by atoms with Gasteiger partial charge in [0.25, 0.3) is 0 Å². The Labute approximate surface area is 135 Å². The van der Waals surface area contributed by atoms with Crippen molar-refractivity contribution in [1.82, 2.24) is 10.1 Å². The zero-order valence-electron chi connectivity index (χ0n) is 13.4. The number of likely N-dealkylation sites (tertiary alicyclic amines) is 1. The van der Waals surface area contributed by atoms with Gasteiger partial charge in [0.15, 0.2) is 5.76 Å². The van der Waals surface area contributed by atoms with Gasteiger partial charge < -0.3 is 9.63 Å². The van der Waals surface area contributed by atoms with Crippen molar-refractivity contribution in [2.75, 3.05) is 13.1 Å². The highest BCUT2D eigenvalue weighted by Crippen LogP contribution is 2.24. The fourth-order valence-corrected chi connectivity index (χ4v) is 3.19. The molecule has 0 radical (unpaired) electrons. The number of aromatic nitrogens is 1. The lowest BCUT2D eigenvalue weighted by Crippen LogP contribution is -2.44. The van der Waals surface area contributed by atoms with Crippen LogP contribution in [0.15, 0.2) is 34.9 Å². The first-order valence-corrected chi connectivity index (χ1v) is 8.24. The summed E-state index contributed by atoms with van der Waals surface area (Å²) in [6.45, 7) is 4.16. The van der Waals surface area contributed by atoms with Crippen LogP contribution in [-0.4, -0.2) is 34.4 Å². The fraction of sp³-hybridized carbons (Fsp3) is 0.500. The SMILES string of the molecule is CCc1cc(CN2CC[C@H](Cc3ccccc3F)[C@H](O)C2)on1. The molecule has 0 spiro atoms. The molecule has 2 aromatic rings. The molecule has 2 atom stereocenters. The Hall–Kier alpha value is -1.72. The van der Waals surface area contributed by atoms with Crippen molar-refractivity contribution in [2.45, 2.75) is 38.8 Å². The van der Waals surface area contributed by atoms with Gasteiger partial charge in [0, 0.05) is 12.6 Å². The molecule has 1 aromatic carbocycles. The van der Waals surface area contributed by atoms with Gasteiger partial charge in [-0.25, -0.2) is 4.39 Å². The summed E-state index contributed by atoms with van der Waals surface area (Å²) in [6, 6.07) is 8.79. The first-order chi connectivity index (χ1) is 11.2. The Morgan fingerprint density at radius 1 is 1.39 bits per heavy atom. The van der Waals surface area contributed by atoms with Crippen LogP contribution < -0.4 is 0 Å². The minimum atomic E-state index is -0.447. The van der Waals surface area contributed by atoms with Gasteiger partial charge in [-0.05, 0) is 43.4 Å². The lowest BCUT2D eigenvalue weighted by Gasteiger charge is -2.35. The highest BCUT2D eigenvalue weighted by atomic mass is 19.1. The maximum absolute atomic E-state index is 13.8. The van der Waals surface area contributed by atoms with Gasteiger partial charge in [0.1, 0.15) is 5.82 Å². The largest absolute Gasteiger partial charge is 0.391 e. The normalized spacial score (nSPS) is 22.4. The summed E-state index contributed by atoms with van der Waals surface area (Å²) in [5.74, 6) is 0.751. The molecule has 4 nitrogen and oxygen atoms in total. The fourth-order valence-electron chi connectivity index (χ4n) is 3.19. The molecule has 23 heavy (non-hydrogen) atoms. The van der Waals surface area contributed by atoms with Gasteiger partial charge in [0.2, 0.25) is 0 Å². The number of aryl methyl sites for hydroxylation is 1. The van der Waals surface area contributed by atoms with Gasteiger partial charge in [-0.1, -0.05) is 30.3 Å². The van der Waals surface area contributed by atoms with E-state index in [0.29, 0.717) is 25.1 Å². The van der Waals surface area contributed by atoms with Gasteiger partial charge in [-0.15, -0.1) is 0 Å². The van der Waals surface area contributed by atoms with Crippen molar-refractivity contribution in [1.29, 1.82) is 0 Å².